The zero-order valence-corrected chi connectivity index (χ0v) is 20.5. The summed E-state index contributed by atoms with van der Waals surface area (Å²) in [6, 6.07) is 5.04. The van der Waals surface area contributed by atoms with Crippen LogP contribution in [0.25, 0.3) is 0 Å². The Bertz CT molecular complexity index is 884. The lowest BCUT2D eigenvalue weighted by molar-refractivity contribution is -0.146. The topological polar surface area (TPSA) is 70.2 Å². The second-order valence-corrected chi connectivity index (χ2v) is 11.3. The molecule has 1 aromatic rings. The molecule has 174 valence electrons. The summed E-state index contributed by atoms with van der Waals surface area (Å²) in [5, 5.41) is 0. The highest BCUT2D eigenvalue weighted by molar-refractivity contribution is 7.89. The maximum Gasteiger partial charge on any atom is 0.243 e. The SMILES string of the molecule is Cc1ccc(S(=O)(=O)N2CCN(C(=O)C(C(C)C)N3CC(C)OC(C)C3)CC2)cc1C. The average molecular weight is 452 g/mol. The lowest BCUT2D eigenvalue weighted by Crippen LogP contribution is -2.60. The first kappa shape index (κ1) is 24.2. The summed E-state index contributed by atoms with van der Waals surface area (Å²) in [6.45, 7) is 15.1. The molecule has 2 fully saturated rings. The van der Waals surface area contributed by atoms with Gasteiger partial charge >= 0.3 is 0 Å². The predicted molar refractivity (Wildman–Crippen MR) is 121 cm³/mol. The highest BCUT2D eigenvalue weighted by Gasteiger charge is 2.38. The number of nitrogens with zero attached hydrogens (tertiary/aromatic N) is 3. The van der Waals surface area contributed by atoms with E-state index in [9.17, 15) is 13.2 Å². The van der Waals surface area contributed by atoms with E-state index < -0.39 is 10.0 Å². The van der Waals surface area contributed by atoms with Gasteiger partial charge in [0.05, 0.1) is 23.1 Å². The first-order valence-electron chi connectivity index (χ1n) is 11.3. The van der Waals surface area contributed by atoms with Gasteiger partial charge in [0.1, 0.15) is 0 Å². The van der Waals surface area contributed by atoms with Crippen LogP contribution in [0.5, 0.6) is 0 Å². The summed E-state index contributed by atoms with van der Waals surface area (Å²) < 4.78 is 33.5. The number of benzene rings is 1. The van der Waals surface area contributed by atoms with Crippen molar-refractivity contribution in [1.29, 1.82) is 0 Å². The van der Waals surface area contributed by atoms with Crippen LogP contribution in [0.15, 0.2) is 23.1 Å². The summed E-state index contributed by atoms with van der Waals surface area (Å²) in [4.78, 5) is 17.8. The van der Waals surface area contributed by atoms with Crippen LogP contribution in [0.1, 0.15) is 38.8 Å². The second kappa shape index (κ2) is 9.57. The van der Waals surface area contributed by atoms with Crippen molar-refractivity contribution in [2.75, 3.05) is 39.3 Å². The van der Waals surface area contributed by atoms with Crippen molar-refractivity contribution in [3.05, 3.63) is 29.3 Å². The number of carbonyl (C=O) groups is 1. The number of hydrogen-bond donors (Lipinski definition) is 0. The third-order valence-corrected chi connectivity index (χ3v) is 8.29. The molecule has 0 aromatic heterocycles. The van der Waals surface area contributed by atoms with Gasteiger partial charge in [0.2, 0.25) is 15.9 Å². The van der Waals surface area contributed by atoms with Gasteiger partial charge in [-0.25, -0.2) is 8.42 Å². The summed E-state index contributed by atoms with van der Waals surface area (Å²) in [6.07, 6.45) is 0.190. The van der Waals surface area contributed by atoms with Gasteiger partial charge in [-0.2, -0.15) is 4.31 Å². The first-order valence-corrected chi connectivity index (χ1v) is 12.7. The van der Waals surface area contributed by atoms with Gasteiger partial charge in [0, 0.05) is 39.3 Å². The van der Waals surface area contributed by atoms with Crippen LogP contribution in [0.3, 0.4) is 0 Å². The Kier molecular flexibility index (Phi) is 7.46. The minimum Gasteiger partial charge on any atom is -0.373 e. The van der Waals surface area contributed by atoms with Crippen LogP contribution in [0.2, 0.25) is 0 Å². The normalized spacial score (nSPS) is 25.1. The number of piperazine rings is 1. The molecule has 1 amide bonds. The van der Waals surface area contributed by atoms with Crippen molar-refractivity contribution in [1.82, 2.24) is 14.1 Å². The molecule has 8 heteroatoms. The van der Waals surface area contributed by atoms with E-state index in [0.717, 1.165) is 24.2 Å². The number of hydrogen-bond acceptors (Lipinski definition) is 5. The van der Waals surface area contributed by atoms with Crippen LogP contribution < -0.4 is 0 Å². The molecule has 31 heavy (non-hydrogen) atoms. The molecule has 3 atom stereocenters. The fourth-order valence-electron chi connectivity index (χ4n) is 4.67. The molecule has 7 nitrogen and oxygen atoms in total. The molecule has 0 radical (unpaired) electrons. The molecule has 3 rings (SSSR count). The van der Waals surface area contributed by atoms with E-state index >= 15 is 0 Å². The number of rotatable bonds is 5. The van der Waals surface area contributed by atoms with Gasteiger partial charge in [0.25, 0.3) is 0 Å². The van der Waals surface area contributed by atoms with Gasteiger partial charge in [0.15, 0.2) is 0 Å². The molecule has 2 aliphatic heterocycles. The molecule has 2 aliphatic rings. The summed E-state index contributed by atoms with van der Waals surface area (Å²) in [5.41, 5.74) is 2.03. The summed E-state index contributed by atoms with van der Waals surface area (Å²) in [5.74, 6) is 0.266. The summed E-state index contributed by atoms with van der Waals surface area (Å²) >= 11 is 0. The highest BCUT2D eigenvalue weighted by atomic mass is 32.2. The molecule has 0 bridgehead atoms. The van der Waals surface area contributed by atoms with Crippen molar-refractivity contribution >= 4 is 15.9 Å². The monoisotopic (exact) mass is 451 g/mol. The Labute approximate surface area is 187 Å². The Hall–Kier alpha value is -1.48. The molecular formula is C23H37N3O4S. The third-order valence-electron chi connectivity index (χ3n) is 6.39. The van der Waals surface area contributed by atoms with E-state index in [-0.39, 0.29) is 30.1 Å². The number of aryl methyl sites for hydroxylation is 2. The fraction of sp³-hybridized carbons (Fsp3) is 0.696. The Morgan fingerprint density at radius 2 is 1.58 bits per heavy atom. The van der Waals surface area contributed by atoms with Gasteiger partial charge in [-0.15, -0.1) is 0 Å². The molecule has 0 spiro atoms. The Balaban J connectivity index is 1.68. The number of morpholine rings is 1. The number of sulfonamides is 1. The fourth-order valence-corrected chi connectivity index (χ4v) is 6.17. The maximum atomic E-state index is 13.4. The first-order chi connectivity index (χ1) is 14.5. The number of amides is 1. The molecule has 0 aliphatic carbocycles. The van der Waals surface area contributed by atoms with Crippen molar-refractivity contribution in [3.63, 3.8) is 0 Å². The van der Waals surface area contributed by atoms with E-state index in [0.29, 0.717) is 31.1 Å². The standard InChI is InChI=1S/C23H37N3O4S/c1-16(2)22(25-14-19(5)30-20(6)15-25)23(27)24-9-11-26(12-10-24)31(28,29)21-8-7-17(3)18(4)13-21/h7-8,13,16,19-20,22H,9-12,14-15H2,1-6H3. The van der Waals surface area contributed by atoms with Gasteiger partial charge < -0.3 is 9.64 Å². The molecule has 2 saturated heterocycles. The number of ether oxygens (including phenoxy) is 1. The third kappa shape index (κ3) is 5.30. The number of carbonyl (C=O) groups excluding carboxylic acids is 1. The minimum absolute atomic E-state index is 0.0951. The van der Waals surface area contributed by atoms with Crippen LogP contribution in [0.4, 0.5) is 0 Å². The molecule has 0 N–H and O–H groups in total. The van der Waals surface area contributed by atoms with Crippen LogP contribution in [-0.4, -0.2) is 85.9 Å². The van der Waals surface area contributed by atoms with E-state index in [1.165, 1.54) is 4.31 Å². The zero-order valence-electron chi connectivity index (χ0n) is 19.7. The van der Waals surface area contributed by atoms with E-state index in [2.05, 4.69) is 18.7 Å². The van der Waals surface area contributed by atoms with Crippen molar-refractivity contribution in [3.8, 4) is 0 Å². The van der Waals surface area contributed by atoms with Crippen molar-refractivity contribution in [2.45, 2.75) is 64.7 Å². The maximum absolute atomic E-state index is 13.4. The van der Waals surface area contributed by atoms with E-state index in [1.807, 2.05) is 38.7 Å². The molecule has 3 unspecified atom stereocenters. The average Bonchev–Trinajstić information content (AvgIpc) is 2.69. The van der Waals surface area contributed by atoms with Crippen LogP contribution in [-0.2, 0) is 19.6 Å². The molecule has 1 aromatic carbocycles. The van der Waals surface area contributed by atoms with Crippen LogP contribution in [0, 0.1) is 19.8 Å². The lowest BCUT2D eigenvalue weighted by atomic mass is 9.98. The lowest BCUT2D eigenvalue weighted by Gasteiger charge is -2.43. The highest BCUT2D eigenvalue weighted by Crippen LogP contribution is 2.23. The van der Waals surface area contributed by atoms with Gasteiger partial charge in [-0.05, 0) is 56.9 Å². The van der Waals surface area contributed by atoms with Crippen molar-refractivity contribution in [2.24, 2.45) is 5.92 Å². The summed E-state index contributed by atoms with van der Waals surface area (Å²) in [7, 11) is -3.55. The van der Waals surface area contributed by atoms with Crippen LogP contribution >= 0.6 is 0 Å². The molecule has 2 heterocycles. The Morgan fingerprint density at radius 1 is 1.00 bits per heavy atom. The zero-order chi connectivity index (χ0) is 22.9. The van der Waals surface area contributed by atoms with E-state index in [1.54, 1.807) is 12.1 Å². The predicted octanol–water partition coefficient (Wildman–Crippen LogP) is 2.27. The van der Waals surface area contributed by atoms with E-state index in [4.69, 9.17) is 4.74 Å². The quantitative estimate of drug-likeness (QED) is 0.687. The second-order valence-electron chi connectivity index (χ2n) is 9.38. The Morgan fingerprint density at radius 3 is 2.10 bits per heavy atom. The smallest absolute Gasteiger partial charge is 0.243 e. The minimum atomic E-state index is -3.55. The van der Waals surface area contributed by atoms with Gasteiger partial charge in [-0.1, -0.05) is 19.9 Å². The molecular weight excluding hydrogens is 414 g/mol. The van der Waals surface area contributed by atoms with Crippen molar-refractivity contribution < 1.29 is 17.9 Å². The largest absolute Gasteiger partial charge is 0.373 e. The molecule has 0 saturated carbocycles. The van der Waals surface area contributed by atoms with Gasteiger partial charge in [-0.3, -0.25) is 9.69 Å².